The maximum Gasteiger partial charge on any atom is 0.329 e. The van der Waals surface area contributed by atoms with Gasteiger partial charge in [0, 0.05) is 44.2 Å². The standard InChI is InChI=1S/C22H27N5O4S/c1-5-15-10-16(7-6-14(15)2)23-19-12-20(28)27(22(30)24-19)8-9-32-13-17-11-18(25-31-17)21(29)26(3)4/h6-7,10-12,23H,5,8-9,13H2,1-4H3,(H,24,30). The van der Waals surface area contributed by atoms with Crippen LogP contribution in [0.2, 0.25) is 0 Å². The molecule has 0 aliphatic heterocycles. The summed E-state index contributed by atoms with van der Waals surface area (Å²) in [4.78, 5) is 40.9. The Morgan fingerprint density at radius 2 is 2.03 bits per heavy atom. The minimum Gasteiger partial charge on any atom is -0.360 e. The lowest BCUT2D eigenvalue weighted by atomic mass is 10.1. The lowest BCUT2D eigenvalue weighted by molar-refractivity contribution is 0.0817. The largest absolute Gasteiger partial charge is 0.360 e. The number of H-pyrrole nitrogens is 1. The fraction of sp³-hybridized carbons (Fsp3) is 0.364. The molecule has 0 fully saturated rings. The average Bonchev–Trinajstić information content (AvgIpc) is 3.22. The van der Waals surface area contributed by atoms with E-state index in [2.05, 4.69) is 22.4 Å². The summed E-state index contributed by atoms with van der Waals surface area (Å²) in [5, 5.41) is 6.86. The first kappa shape index (κ1) is 23.4. The summed E-state index contributed by atoms with van der Waals surface area (Å²) in [5.74, 6) is 1.69. The van der Waals surface area contributed by atoms with E-state index >= 15 is 0 Å². The number of rotatable bonds is 9. The first-order chi connectivity index (χ1) is 15.3. The second kappa shape index (κ2) is 10.4. The molecular weight excluding hydrogens is 430 g/mol. The summed E-state index contributed by atoms with van der Waals surface area (Å²) in [6.07, 6.45) is 0.901. The van der Waals surface area contributed by atoms with Gasteiger partial charge >= 0.3 is 5.69 Å². The van der Waals surface area contributed by atoms with Crippen LogP contribution < -0.4 is 16.6 Å². The van der Waals surface area contributed by atoms with E-state index in [1.54, 1.807) is 20.2 Å². The van der Waals surface area contributed by atoms with Gasteiger partial charge in [0.15, 0.2) is 5.69 Å². The summed E-state index contributed by atoms with van der Waals surface area (Å²) in [5.41, 5.74) is 2.62. The molecule has 0 aliphatic rings. The number of aryl methyl sites for hydroxylation is 2. The predicted octanol–water partition coefficient (Wildman–Crippen LogP) is 2.77. The minimum absolute atomic E-state index is 0.228. The number of carbonyl (C=O) groups excluding carboxylic acids is 1. The van der Waals surface area contributed by atoms with E-state index in [0.29, 0.717) is 23.1 Å². The Morgan fingerprint density at radius 3 is 2.72 bits per heavy atom. The Hall–Kier alpha value is -3.27. The van der Waals surface area contributed by atoms with Crippen molar-refractivity contribution in [2.75, 3.05) is 25.2 Å². The molecule has 2 N–H and O–H groups in total. The van der Waals surface area contributed by atoms with E-state index < -0.39 is 5.69 Å². The van der Waals surface area contributed by atoms with Gasteiger partial charge in [-0.2, -0.15) is 11.8 Å². The Morgan fingerprint density at radius 1 is 1.25 bits per heavy atom. The average molecular weight is 458 g/mol. The molecule has 0 saturated heterocycles. The van der Waals surface area contributed by atoms with Crippen molar-refractivity contribution < 1.29 is 9.32 Å². The summed E-state index contributed by atoms with van der Waals surface area (Å²) in [6, 6.07) is 8.91. The molecular formula is C22H27N5O4S. The first-order valence-corrected chi connectivity index (χ1v) is 11.4. The normalized spacial score (nSPS) is 10.9. The quantitative estimate of drug-likeness (QED) is 0.475. The minimum atomic E-state index is -0.470. The van der Waals surface area contributed by atoms with Crippen LogP contribution in [0, 0.1) is 6.92 Å². The molecule has 1 aromatic carbocycles. The van der Waals surface area contributed by atoms with Gasteiger partial charge in [0.2, 0.25) is 0 Å². The molecule has 9 nitrogen and oxygen atoms in total. The zero-order chi connectivity index (χ0) is 23.3. The van der Waals surface area contributed by atoms with Crippen LogP contribution >= 0.6 is 11.8 Å². The summed E-state index contributed by atoms with van der Waals surface area (Å²) in [7, 11) is 3.29. The maximum absolute atomic E-state index is 12.5. The Kier molecular flexibility index (Phi) is 7.57. The van der Waals surface area contributed by atoms with E-state index in [1.807, 2.05) is 25.1 Å². The highest BCUT2D eigenvalue weighted by Crippen LogP contribution is 2.18. The van der Waals surface area contributed by atoms with Crippen molar-refractivity contribution in [2.45, 2.75) is 32.6 Å². The highest BCUT2D eigenvalue weighted by Gasteiger charge is 2.14. The van der Waals surface area contributed by atoms with Crippen molar-refractivity contribution in [3.63, 3.8) is 0 Å². The Labute approximate surface area is 189 Å². The van der Waals surface area contributed by atoms with Crippen LogP contribution in [0.3, 0.4) is 0 Å². The molecule has 0 spiro atoms. The third kappa shape index (κ3) is 5.70. The van der Waals surface area contributed by atoms with Crippen LogP contribution in [0.5, 0.6) is 0 Å². The molecule has 3 aromatic rings. The molecule has 170 valence electrons. The number of thioether (sulfide) groups is 1. The van der Waals surface area contributed by atoms with Gasteiger partial charge < -0.3 is 14.7 Å². The van der Waals surface area contributed by atoms with Crippen LogP contribution in [0.25, 0.3) is 0 Å². The molecule has 0 unspecified atom stereocenters. The lowest BCUT2D eigenvalue weighted by Crippen LogP contribution is -2.35. The smallest absolute Gasteiger partial charge is 0.329 e. The van der Waals surface area contributed by atoms with E-state index in [0.717, 1.165) is 16.7 Å². The molecule has 2 aromatic heterocycles. The molecule has 3 rings (SSSR count). The van der Waals surface area contributed by atoms with Crippen molar-refractivity contribution >= 4 is 29.2 Å². The SMILES string of the molecule is CCc1cc(Nc2cc(=O)n(CCSCc3cc(C(=O)N(C)C)no3)c(=O)[nH]2)ccc1C. The van der Waals surface area contributed by atoms with Crippen LogP contribution in [0.15, 0.2) is 44.4 Å². The molecule has 2 heterocycles. The Bertz CT molecular complexity index is 1180. The van der Waals surface area contributed by atoms with Crippen molar-refractivity contribution in [1.82, 2.24) is 19.6 Å². The molecule has 0 radical (unpaired) electrons. The number of benzene rings is 1. The van der Waals surface area contributed by atoms with Gasteiger partial charge in [-0.1, -0.05) is 18.1 Å². The second-order valence-electron chi connectivity index (χ2n) is 7.53. The first-order valence-electron chi connectivity index (χ1n) is 10.2. The van der Waals surface area contributed by atoms with Crippen LogP contribution in [0.1, 0.15) is 34.3 Å². The zero-order valence-corrected chi connectivity index (χ0v) is 19.4. The number of nitrogens with zero attached hydrogens (tertiary/aromatic N) is 3. The van der Waals surface area contributed by atoms with Crippen molar-refractivity contribution in [3.05, 3.63) is 73.8 Å². The third-order valence-electron chi connectivity index (χ3n) is 4.92. The molecule has 0 saturated carbocycles. The van der Waals surface area contributed by atoms with E-state index in [-0.39, 0.29) is 23.7 Å². The highest BCUT2D eigenvalue weighted by molar-refractivity contribution is 7.98. The van der Waals surface area contributed by atoms with Gasteiger partial charge in [-0.25, -0.2) is 4.79 Å². The van der Waals surface area contributed by atoms with Gasteiger partial charge in [0.1, 0.15) is 11.6 Å². The van der Waals surface area contributed by atoms with Gasteiger partial charge in [-0.05, 0) is 36.6 Å². The lowest BCUT2D eigenvalue weighted by Gasteiger charge is -2.11. The van der Waals surface area contributed by atoms with Crippen molar-refractivity contribution in [1.29, 1.82) is 0 Å². The molecule has 0 bridgehead atoms. The fourth-order valence-electron chi connectivity index (χ4n) is 3.12. The second-order valence-corrected chi connectivity index (χ2v) is 8.63. The molecule has 0 atom stereocenters. The monoisotopic (exact) mass is 457 g/mol. The van der Waals surface area contributed by atoms with E-state index in [1.165, 1.54) is 33.9 Å². The fourth-order valence-corrected chi connectivity index (χ4v) is 3.92. The molecule has 10 heteroatoms. The molecule has 1 amide bonds. The van der Waals surface area contributed by atoms with E-state index in [9.17, 15) is 14.4 Å². The number of hydrogen-bond donors (Lipinski definition) is 2. The number of aromatic amines is 1. The number of nitrogens with one attached hydrogen (secondary N) is 2. The van der Waals surface area contributed by atoms with E-state index in [4.69, 9.17) is 4.52 Å². The number of carbonyl (C=O) groups is 1. The maximum atomic E-state index is 12.5. The van der Waals surface area contributed by atoms with Gasteiger partial charge in [0.25, 0.3) is 11.5 Å². The highest BCUT2D eigenvalue weighted by atomic mass is 32.2. The topological polar surface area (TPSA) is 113 Å². The number of aromatic nitrogens is 3. The summed E-state index contributed by atoms with van der Waals surface area (Å²) < 4.78 is 6.33. The third-order valence-corrected chi connectivity index (χ3v) is 5.88. The number of anilines is 2. The number of amides is 1. The Balaban J connectivity index is 1.58. The van der Waals surface area contributed by atoms with Crippen LogP contribution in [0.4, 0.5) is 11.5 Å². The van der Waals surface area contributed by atoms with Gasteiger partial charge in [-0.3, -0.25) is 19.1 Å². The van der Waals surface area contributed by atoms with Crippen LogP contribution in [-0.4, -0.2) is 45.4 Å². The summed E-state index contributed by atoms with van der Waals surface area (Å²) in [6.45, 7) is 4.38. The molecule has 32 heavy (non-hydrogen) atoms. The van der Waals surface area contributed by atoms with Gasteiger partial charge in [0.05, 0.1) is 5.75 Å². The number of hydrogen-bond acceptors (Lipinski definition) is 7. The van der Waals surface area contributed by atoms with Crippen LogP contribution in [-0.2, 0) is 18.7 Å². The molecule has 0 aliphatic carbocycles. The summed E-state index contributed by atoms with van der Waals surface area (Å²) >= 11 is 1.48. The van der Waals surface area contributed by atoms with Crippen molar-refractivity contribution in [2.24, 2.45) is 0 Å². The predicted molar refractivity (Wildman–Crippen MR) is 126 cm³/mol. The zero-order valence-electron chi connectivity index (χ0n) is 18.6. The van der Waals surface area contributed by atoms with Gasteiger partial charge in [-0.15, -0.1) is 0 Å². The van der Waals surface area contributed by atoms with Crippen molar-refractivity contribution in [3.8, 4) is 0 Å².